The molecule has 28 heavy (non-hydrogen) atoms. The average Bonchev–Trinajstić information content (AvgIpc) is 3.02. The maximum atomic E-state index is 15.1. The second kappa shape index (κ2) is 7.12. The van der Waals surface area contributed by atoms with Gasteiger partial charge in [0.1, 0.15) is 17.2 Å². The van der Waals surface area contributed by atoms with Gasteiger partial charge in [0.2, 0.25) is 0 Å². The number of carbonyl (C=O) groups is 1. The Bertz CT molecular complexity index is 1060. The van der Waals surface area contributed by atoms with Crippen molar-refractivity contribution in [1.29, 1.82) is 0 Å². The van der Waals surface area contributed by atoms with E-state index in [2.05, 4.69) is 15.2 Å². The summed E-state index contributed by atoms with van der Waals surface area (Å²) in [5, 5.41) is 3.29. The van der Waals surface area contributed by atoms with Gasteiger partial charge in [0.25, 0.3) is 5.91 Å². The van der Waals surface area contributed by atoms with Crippen LogP contribution in [-0.4, -0.2) is 48.6 Å². The van der Waals surface area contributed by atoms with E-state index in [1.807, 2.05) is 13.0 Å². The number of methoxy groups -OCH3 is 1. The van der Waals surface area contributed by atoms with Gasteiger partial charge >= 0.3 is 0 Å². The summed E-state index contributed by atoms with van der Waals surface area (Å²) in [5.74, 6) is -0.617. The minimum atomic E-state index is -0.620. The monoisotopic (exact) mass is 383 g/mol. The molecule has 1 aromatic carbocycles. The number of nitrogens with one attached hydrogen (secondary N) is 1. The van der Waals surface area contributed by atoms with Crippen LogP contribution < -0.4 is 20.7 Å². The van der Waals surface area contributed by atoms with E-state index in [9.17, 15) is 4.79 Å². The van der Waals surface area contributed by atoms with Gasteiger partial charge in [-0.25, -0.2) is 9.37 Å². The number of anilines is 1. The van der Waals surface area contributed by atoms with E-state index in [4.69, 9.17) is 10.5 Å². The van der Waals surface area contributed by atoms with Crippen molar-refractivity contribution >= 4 is 17.2 Å². The number of primary amides is 1. The molecule has 0 bridgehead atoms. The molecule has 2 aromatic heterocycles. The van der Waals surface area contributed by atoms with Crippen molar-refractivity contribution in [3.05, 3.63) is 47.5 Å². The van der Waals surface area contributed by atoms with Gasteiger partial charge in [-0.3, -0.25) is 9.20 Å². The lowest BCUT2D eigenvalue weighted by atomic mass is 10.1. The van der Waals surface area contributed by atoms with Crippen LogP contribution in [0.3, 0.4) is 0 Å². The third kappa shape index (κ3) is 3.05. The number of aromatic nitrogens is 2. The van der Waals surface area contributed by atoms with Crippen LogP contribution in [0.4, 0.5) is 10.1 Å². The molecule has 3 heterocycles. The zero-order valence-corrected chi connectivity index (χ0v) is 15.8. The Labute approximate surface area is 161 Å². The fourth-order valence-corrected chi connectivity index (χ4v) is 3.68. The predicted molar refractivity (Wildman–Crippen MR) is 105 cm³/mol. The molecule has 0 unspecified atom stereocenters. The topological polar surface area (TPSA) is 84.9 Å². The molecule has 1 saturated heterocycles. The minimum Gasteiger partial charge on any atom is -0.496 e. The smallest absolute Gasteiger partial charge is 0.253 e. The zero-order chi connectivity index (χ0) is 19.8. The lowest BCUT2D eigenvalue weighted by molar-refractivity contribution is 0.0997. The number of nitrogens with two attached hydrogens (primary N) is 1. The summed E-state index contributed by atoms with van der Waals surface area (Å²) >= 11 is 0. The molecule has 146 valence electrons. The van der Waals surface area contributed by atoms with Crippen molar-refractivity contribution in [2.45, 2.75) is 6.92 Å². The summed E-state index contributed by atoms with van der Waals surface area (Å²) in [4.78, 5) is 18.4. The number of hydrogen-bond donors (Lipinski definition) is 2. The number of hydrogen-bond acceptors (Lipinski definition) is 5. The number of pyridine rings is 1. The van der Waals surface area contributed by atoms with Crippen LogP contribution in [0.25, 0.3) is 16.9 Å². The minimum absolute atomic E-state index is 0.214. The van der Waals surface area contributed by atoms with Crippen LogP contribution in [0.5, 0.6) is 5.75 Å². The maximum absolute atomic E-state index is 15.1. The van der Waals surface area contributed by atoms with Crippen molar-refractivity contribution in [2.24, 2.45) is 5.73 Å². The van der Waals surface area contributed by atoms with Gasteiger partial charge < -0.3 is 20.7 Å². The highest BCUT2D eigenvalue weighted by molar-refractivity contribution is 5.96. The van der Waals surface area contributed by atoms with Gasteiger partial charge in [-0.1, -0.05) is 0 Å². The number of benzene rings is 1. The van der Waals surface area contributed by atoms with Crippen LogP contribution in [0, 0.1) is 12.7 Å². The first-order valence-electron chi connectivity index (χ1n) is 9.11. The Hall–Kier alpha value is -3.13. The fraction of sp³-hybridized carbons (Fsp3) is 0.300. The number of rotatable bonds is 4. The SMILES string of the molecule is COc1cc2nc(C)c(-c3ccc(N4CCNCC4)cc3F)n2cc1C(N)=O. The van der Waals surface area contributed by atoms with Crippen molar-refractivity contribution in [2.75, 3.05) is 38.2 Å². The second-order valence-corrected chi connectivity index (χ2v) is 6.79. The maximum Gasteiger partial charge on any atom is 0.253 e. The summed E-state index contributed by atoms with van der Waals surface area (Å²) in [6.45, 7) is 5.26. The third-order valence-corrected chi connectivity index (χ3v) is 5.07. The van der Waals surface area contributed by atoms with Crippen molar-refractivity contribution in [3.8, 4) is 17.0 Å². The Morgan fingerprint density at radius 3 is 2.68 bits per heavy atom. The van der Waals surface area contributed by atoms with E-state index in [0.29, 0.717) is 28.3 Å². The van der Waals surface area contributed by atoms with E-state index in [1.54, 1.807) is 28.8 Å². The standard InChI is InChI=1S/C20H22FN5O2/c1-12-19(26-11-15(20(22)27)17(28-2)10-18(26)24-12)14-4-3-13(9-16(14)21)25-7-5-23-6-8-25/h3-4,9-11,23H,5-8H2,1-2H3,(H2,22,27). The first-order valence-corrected chi connectivity index (χ1v) is 9.11. The molecule has 1 aliphatic rings. The number of fused-ring (bicyclic) bond motifs is 1. The molecular weight excluding hydrogens is 361 g/mol. The number of piperazine rings is 1. The molecule has 0 radical (unpaired) electrons. The lowest BCUT2D eigenvalue weighted by Gasteiger charge is -2.29. The molecule has 3 aromatic rings. The molecule has 8 heteroatoms. The zero-order valence-electron chi connectivity index (χ0n) is 15.8. The first kappa shape index (κ1) is 18.2. The quantitative estimate of drug-likeness (QED) is 0.720. The lowest BCUT2D eigenvalue weighted by Crippen LogP contribution is -2.43. The Morgan fingerprint density at radius 2 is 2.04 bits per heavy atom. The molecule has 4 rings (SSSR count). The molecule has 0 spiro atoms. The number of halogens is 1. The number of aryl methyl sites for hydroxylation is 1. The molecule has 7 nitrogen and oxygen atoms in total. The Kier molecular flexibility index (Phi) is 4.64. The molecule has 0 saturated carbocycles. The van der Waals surface area contributed by atoms with Gasteiger partial charge in [-0.15, -0.1) is 0 Å². The van der Waals surface area contributed by atoms with Gasteiger partial charge in [0.15, 0.2) is 0 Å². The second-order valence-electron chi connectivity index (χ2n) is 6.79. The van der Waals surface area contributed by atoms with Crippen LogP contribution in [-0.2, 0) is 0 Å². The Balaban J connectivity index is 1.83. The third-order valence-electron chi connectivity index (χ3n) is 5.07. The highest BCUT2D eigenvalue weighted by Crippen LogP contribution is 2.32. The summed E-state index contributed by atoms with van der Waals surface area (Å²) in [6.07, 6.45) is 1.55. The first-order chi connectivity index (χ1) is 13.5. The van der Waals surface area contributed by atoms with Crippen LogP contribution in [0.15, 0.2) is 30.5 Å². The summed E-state index contributed by atoms with van der Waals surface area (Å²) in [5.41, 5.74) is 8.76. The summed E-state index contributed by atoms with van der Waals surface area (Å²) in [7, 11) is 1.46. The predicted octanol–water partition coefficient (Wildman–Crippen LogP) is 1.97. The van der Waals surface area contributed by atoms with Crippen LogP contribution in [0.1, 0.15) is 16.1 Å². The van der Waals surface area contributed by atoms with Gasteiger partial charge in [-0.2, -0.15) is 0 Å². The van der Waals surface area contributed by atoms with Gasteiger partial charge in [0.05, 0.1) is 24.1 Å². The molecule has 1 fully saturated rings. The number of amides is 1. The molecule has 1 amide bonds. The van der Waals surface area contributed by atoms with Crippen LogP contribution in [0.2, 0.25) is 0 Å². The van der Waals surface area contributed by atoms with E-state index in [1.165, 1.54) is 7.11 Å². The fourth-order valence-electron chi connectivity index (χ4n) is 3.68. The van der Waals surface area contributed by atoms with Crippen molar-refractivity contribution in [1.82, 2.24) is 14.7 Å². The molecule has 3 N–H and O–H groups in total. The van der Waals surface area contributed by atoms with E-state index < -0.39 is 5.91 Å². The molecule has 1 aliphatic heterocycles. The van der Waals surface area contributed by atoms with E-state index >= 15 is 4.39 Å². The number of carbonyl (C=O) groups excluding carboxylic acids is 1. The highest BCUT2D eigenvalue weighted by Gasteiger charge is 2.20. The number of nitrogens with zero attached hydrogens (tertiary/aromatic N) is 3. The molecular formula is C20H22FN5O2. The number of imidazole rings is 1. The highest BCUT2D eigenvalue weighted by atomic mass is 19.1. The molecule has 0 atom stereocenters. The Morgan fingerprint density at radius 1 is 1.29 bits per heavy atom. The van der Waals surface area contributed by atoms with Gasteiger partial charge in [0, 0.05) is 49.7 Å². The van der Waals surface area contributed by atoms with Crippen LogP contribution >= 0.6 is 0 Å². The van der Waals surface area contributed by atoms with Gasteiger partial charge in [-0.05, 0) is 25.1 Å². The number of ether oxygens (including phenoxy) is 1. The van der Waals surface area contributed by atoms with E-state index in [-0.39, 0.29) is 11.4 Å². The average molecular weight is 383 g/mol. The normalized spacial score (nSPS) is 14.5. The summed E-state index contributed by atoms with van der Waals surface area (Å²) < 4.78 is 22.0. The van der Waals surface area contributed by atoms with Crippen molar-refractivity contribution in [3.63, 3.8) is 0 Å². The van der Waals surface area contributed by atoms with Crippen molar-refractivity contribution < 1.29 is 13.9 Å². The van der Waals surface area contributed by atoms with E-state index in [0.717, 1.165) is 31.9 Å². The largest absolute Gasteiger partial charge is 0.496 e. The summed E-state index contributed by atoms with van der Waals surface area (Å²) in [6, 6.07) is 6.86. The molecule has 0 aliphatic carbocycles.